The van der Waals surface area contributed by atoms with Gasteiger partial charge in [0.05, 0.1) is 0 Å². The van der Waals surface area contributed by atoms with E-state index >= 15 is 0 Å². The lowest BCUT2D eigenvalue weighted by atomic mass is 10.00. The van der Waals surface area contributed by atoms with Crippen LogP contribution >= 0.6 is 11.8 Å². The van der Waals surface area contributed by atoms with Gasteiger partial charge in [0.15, 0.2) is 5.78 Å². The van der Waals surface area contributed by atoms with Gasteiger partial charge in [-0.25, -0.2) is 0 Å². The van der Waals surface area contributed by atoms with E-state index in [2.05, 4.69) is 25.1 Å². The van der Waals surface area contributed by atoms with Crippen molar-refractivity contribution in [3.8, 4) is 0 Å². The summed E-state index contributed by atoms with van der Waals surface area (Å²) in [6.07, 6.45) is 4.12. The van der Waals surface area contributed by atoms with E-state index in [1.807, 2.05) is 24.3 Å². The molecule has 0 spiro atoms. The molecular formula is C19H20OS. The van der Waals surface area contributed by atoms with Crippen LogP contribution < -0.4 is 0 Å². The van der Waals surface area contributed by atoms with E-state index in [1.165, 1.54) is 35.3 Å². The topological polar surface area (TPSA) is 17.1 Å². The molecule has 0 bridgehead atoms. The number of carbonyl (C=O) groups excluding carboxylic acids is 1. The molecule has 21 heavy (non-hydrogen) atoms. The summed E-state index contributed by atoms with van der Waals surface area (Å²) in [5.74, 6) is 1.27. The van der Waals surface area contributed by atoms with E-state index in [4.69, 9.17) is 0 Å². The van der Waals surface area contributed by atoms with Crippen LogP contribution in [0.25, 0.3) is 0 Å². The minimum absolute atomic E-state index is 0.209. The highest BCUT2D eigenvalue weighted by Crippen LogP contribution is 2.24. The molecule has 2 aromatic carbocycles. The fraction of sp³-hybridized carbons (Fsp3) is 0.316. The van der Waals surface area contributed by atoms with Crippen molar-refractivity contribution in [1.29, 1.82) is 0 Å². The molecule has 0 amide bonds. The van der Waals surface area contributed by atoms with E-state index in [0.717, 1.165) is 16.9 Å². The van der Waals surface area contributed by atoms with Crippen LogP contribution in [0.2, 0.25) is 0 Å². The van der Waals surface area contributed by atoms with Gasteiger partial charge in [-0.2, -0.15) is 0 Å². The van der Waals surface area contributed by atoms with Gasteiger partial charge in [0.1, 0.15) is 0 Å². The standard InChI is InChI=1S/C19H20OS/c1-2-21-18-10-8-16(9-11-18)19(20)13-14-6-7-15-4-3-5-17(15)12-14/h6-12H,2-5,13H2,1H3. The first-order chi connectivity index (χ1) is 10.3. The lowest BCUT2D eigenvalue weighted by molar-refractivity contribution is 0.0993. The van der Waals surface area contributed by atoms with Crippen LogP contribution in [0, 0.1) is 0 Å². The first-order valence-electron chi connectivity index (χ1n) is 7.63. The number of fused-ring (bicyclic) bond motifs is 1. The van der Waals surface area contributed by atoms with Crippen molar-refractivity contribution in [3.63, 3.8) is 0 Å². The van der Waals surface area contributed by atoms with Crippen LogP contribution in [0.4, 0.5) is 0 Å². The molecule has 1 nitrogen and oxygen atoms in total. The molecule has 2 aromatic rings. The van der Waals surface area contributed by atoms with Crippen molar-refractivity contribution in [1.82, 2.24) is 0 Å². The molecule has 1 aliphatic rings. The van der Waals surface area contributed by atoms with E-state index in [1.54, 1.807) is 11.8 Å². The summed E-state index contributed by atoms with van der Waals surface area (Å²) in [7, 11) is 0. The number of benzene rings is 2. The van der Waals surface area contributed by atoms with Gasteiger partial charge in [-0.05, 0) is 53.8 Å². The Labute approximate surface area is 130 Å². The minimum Gasteiger partial charge on any atom is -0.294 e. The second kappa shape index (κ2) is 6.48. The summed E-state index contributed by atoms with van der Waals surface area (Å²) in [5, 5.41) is 0. The number of Topliss-reactive ketones (excluding diaryl/α,β-unsaturated/α-hetero) is 1. The Balaban J connectivity index is 1.71. The lowest BCUT2D eigenvalue weighted by Gasteiger charge is -2.06. The molecule has 0 saturated heterocycles. The van der Waals surface area contributed by atoms with Crippen LogP contribution in [-0.2, 0) is 19.3 Å². The molecule has 3 rings (SSSR count). The van der Waals surface area contributed by atoms with Gasteiger partial charge in [-0.1, -0.05) is 37.3 Å². The van der Waals surface area contributed by atoms with Crippen LogP contribution in [0.5, 0.6) is 0 Å². The highest BCUT2D eigenvalue weighted by Gasteiger charge is 2.13. The predicted molar refractivity (Wildman–Crippen MR) is 89.3 cm³/mol. The Kier molecular flexibility index (Phi) is 4.45. The quantitative estimate of drug-likeness (QED) is 0.587. The second-order valence-corrected chi connectivity index (χ2v) is 6.85. The van der Waals surface area contributed by atoms with Crippen LogP contribution in [0.3, 0.4) is 0 Å². The summed E-state index contributed by atoms with van der Waals surface area (Å²) in [5.41, 5.74) is 4.87. The molecule has 0 saturated carbocycles. The largest absolute Gasteiger partial charge is 0.294 e. The maximum Gasteiger partial charge on any atom is 0.167 e. The number of aryl methyl sites for hydroxylation is 2. The lowest BCUT2D eigenvalue weighted by Crippen LogP contribution is -2.04. The fourth-order valence-corrected chi connectivity index (χ4v) is 3.59. The number of hydrogen-bond acceptors (Lipinski definition) is 2. The Bertz CT molecular complexity index is 643. The summed E-state index contributed by atoms with van der Waals surface area (Å²) >= 11 is 1.80. The molecule has 1 aliphatic carbocycles. The summed E-state index contributed by atoms with van der Waals surface area (Å²) in [4.78, 5) is 13.6. The van der Waals surface area contributed by atoms with Crippen molar-refractivity contribution in [2.75, 3.05) is 5.75 Å². The molecule has 2 heteroatoms. The number of carbonyl (C=O) groups is 1. The summed E-state index contributed by atoms with van der Waals surface area (Å²) in [6, 6.07) is 14.5. The minimum atomic E-state index is 0.209. The molecule has 0 N–H and O–H groups in total. The number of ketones is 1. The number of rotatable bonds is 5. The van der Waals surface area contributed by atoms with Gasteiger partial charge in [-0.3, -0.25) is 4.79 Å². The number of thioether (sulfide) groups is 1. The van der Waals surface area contributed by atoms with Crippen LogP contribution in [0.1, 0.15) is 40.4 Å². The smallest absolute Gasteiger partial charge is 0.167 e. The summed E-state index contributed by atoms with van der Waals surface area (Å²) in [6.45, 7) is 2.14. The zero-order chi connectivity index (χ0) is 14.7. The average molecular weight is 296 g/mol. The monoisotopic (exact) mass is 296 g/mol. The molecule has 0 atom stereocenters. The maximum atomic E-state index is 12.4. The van der Waals surface area contributed by atoms with E-state index in [-0.39, 0.29) is 5.78 Å². The fourth-order valence-electron chi connectivity index (χ4n) is 2.93. The van der Waals surface area contributed by atoms with Gasteiger partial charge in [0, 0.05) is 16.9 Å². The molecule has 108 valence electrons. The van der Waals surface area contributed by atoms with Crippen molar-refractivity contribution in [2.24, 2.45) is 0 Å². The van der Waals surface area contributed by atoms with Gasteiger partial charge in [-0.15, -0.1) is 11.8 Å². The molecule has 0 heterocycles. The first kappa shape index (κ1) is 14.4. The molecule has 0 fully saturated rings. The maximum absolute atomic E-state index is 12.4. The first-order valence-corrected chi connectivity index (χ1v) is 8.61. The molecule has 0 radical (unpaired) electrons. The number of hydrogen-bond donors (Lipinski definition) is 0. The Morgan fingerprint density at radius 1 is 1.05 bits per heavy atom. The van der Waals surface area contributed by atoms with Gasteiger partial charge in [0.2, 0.25) is 0 Å². The SMILES string of the molecule is CCSc1ccc(C(=O)Cc2ccc3c(c2)CCC3)cc1. The van der Waals surface area contributed by atoms with Gasteiger partial charge >= 0.3 is 0 Å². The third kappa shape index (κ3) is 3.38. The molecule has 0 aliphatic heterocycles. The van der Waals surface area contributed by atoms with Crippen LogP contribution in [0.15, 0.2) is 47.4 Å². The van der Waals surface area contributed by atoms with Crippen LogP contribution in [-0.4, -0.2) is 11.5 Å². The van der Waals surface area contributed by atoms with Crippen molar-refractivity contribution < 1.29 is 4.79 Å². The highest BCUT2D eigenvalue weighted by molar-refractivity contribution is 7.99. The third-order valence-corrected chi connectivity index (χ3v) is 4.91. The predicted octanol–water partition coefficient (Wildman–Crippen LogP) is 4.71. The zero-order valence-electron chi connectivity index (χ0n) is 12.4. The van der Waals surface area contributed by atoms with Gasteiger partial charge in [0.25, 0.3) is 0 Å². The van der Waals surface area contributed by atoms with Gasteiger partial charge < -0.3 is 0 Å². The van der Waals surface area contributed by atoms with E-state index in [0.29, 0.717) is 6.42 Å². The second-order valence-electron chi connectivity index (χ2n) is 5.51. The Morgan fingerprint density at radius 3 is 2.57 bits per heavy atom. The highest BCUT2D eigenvalue weighted by atomic mass is 32.2. The molecule has 0 aromatic heterocycles. The molecular weight excluding hydrogens is 276 g/mol. The Morgan fingerprint density at radius 2 is 1.81 bits per heavy atom. The average Bonchev–Trinajstić information content (AvgIpc) is 2.96. The zero-order valence-corrected chi connectivity index (χ0v) is 13.2. The third-order valence-electron chi connectivity index (χ3n) is 4.01. The van der Waals surface area contributed by atoms with E-state index < -0.39 is 0 Å². The van der Waals surface area contributed by atoms with E-state index in [9.17, 15) is 4.79 Å². The van der Waals surface area contributed by atoms with Crippen molar-refractivity contribution >= 4 is 17.5 Å². The normalized spacial score (nSPS) is 13.2. The summed E-state index contributed by atoms with van der Waals surface area (Å²) < 4.78 is 0. The Hall–Kier alpha value is -1.54. The van der Waals surface area contributed by atoms with Crippen molar-refractivity contribution in [3.05, 3.63) is 64.7 Å². The van der Waals surface area contributed by atoms with Crippen molar-refractivity contribution in [2.45, 2.75) is 37.5 Å². The molecule has 0 unspecified atom stereocenters.